The van der Waals surface area contributed by atoms with Crippen LogP contribution in [0.2, 0.25) is 5.02 Å². The molecule has 1 aliphatic carbocycles. The maximum Gasteiger partial charge on any atom is 0.412 e. The quantitative estimate of drug-likeness (QED) is 0.925. The van der Waals surface area contributed by atoms with Gasteiger partial charge in [0.1, 0.15) is 5.60 Å². The Morgan fingerprint density at radius 1 is 1.39 bits per heavy atom. The molecule has 1 N–H and O–H groups in total. The second-order valence-corrected chi connectivity index (χ2v) is 6.89. The second-order valence-electron chi connectivity index (χ2n) is 6.49. The van der Waals surface area contributed by atoms with Crippen molar-refractivity contribution in [3.8, 4) is 11.4 Å². The van der Waals surface area contributed by atoms with Gasteiger partial charge in [-0.1, -0.05) is 11.6 Å². The van der Waals surface area contributed by atoms with Gasteiger partial charge in [0.2, 0.25) is 5.82 Å². The minimum absolute atomic E-state index is 0.364. The molecule has 1 aromatic heterocycles. The van der Waals surface area contributed by atoms with Crippen molar-refractivity contribution in [2.24, 2.45) is 0 Å². The number of hydrogen-bond acceptors (Lipinski definition) is 5. The predicted octanol–water partition coefficient (Wildman–Crippen LogP) is 3.68. The fourth-order valence-electron chi connectivity index (χ4n) is 1.97. The number of hydrogen-bond donors (Lipinski definition) is 1. The number of halogens is 1. The molecule has 3 rings (SSSR count). The summed E-state index contributed by atoms with van der Waals surface area (Å²) in [5.74, 6) is 0.501. The van der Waals surface area contributed by atoms with Crippen molar-refractivity contribution >= 4 is 23.4 Å². The highest BCUT2D eigenvalue weighted by Gasteiger charge is 2.26. The van der Waals surface area contributed by atoms with Crippen LogP contribution in [0.5, 0.6) is 0 Å². The third-order valence-corrected chi connectivity index (χ3v) is 3.49. The van der Waals surface area contributed by atoms with E-state index >= 15 is 0 Å². The van der Waals surface area contributed by atoms with E-state index < -0.39 is 11.7 Å². The Kier molecular flexibility index (Phi) is 3.97. The first-order valence-corrected chi connectivity index (χ1v) is 7.79. The first-order chi connectivity index (χ1) is 10.8. The smallest absolute Gasteiger partial charge is 0.412 e. The molecule has 0 bridgehead atoms. The van der Waals surface area contributed by atoms with Gasteiger partial charge in [0, 0.05) is 5.56 Å². The summed E-state index contributed by atoms with van der Waals surface area (Å²) in [5, 5.41) is 15.5. The number of aromatic nitrogens is 4. The van der Waals surface area contributed by atoms with Crippen LogP contribution >= 0.6 is 11.6 Å². The fourth-order valence-corrected chi connectivity index (χ4v) is 2.14. The minimum Gasteiger partial charge on any atom is -0.444 e. The van der Waals surface area contributed by atoms with Crippen LogP contribution in [0.15, 0.2) is 18.2 Å². The van der Waals surface area contributed by atoms with Crippen molar-refractivity contribution < 1.29 is 9.53 Å². The predicted molar refractivity (Wildman–Crippen MR) is 86.4 cm³/mol. The van der Waals surface area contributed by atoms with Gasteiger partial charge in [-0.05, 0) is 57.0 Å². The molecule has 1 aliphatic rings. The molecule has 1 aromatic carbocycles. The summed E-state index contributed by atoms with van der Waals surface area (Å²) < 4.78 is 5.23. The first-order valence-electron chi connectivity index (χ1n) is 7.41. The average Bonchev–Trinajstić information content (AvgIpc) is 3.17. The van der Waals surface area contributed by atoms with Crippen LogP contribution in [0.4, 0.5) is 10.5 Å². The van der Waals surface area contributed by atoms with E-state index in [9.17, 15) is 4.79 Å². The monoisotopic (exact) mass is 335 g/mol. The summed E-state index contributed by atoms with van der Waals surface area (Å²) >= 11 is 6.13. The van der Waals surface area contributed by atoms with Crippen molar-refractivity contribution in [2.75, 3.05) is 5.32 Å². The number of ether oxygens (including phenoxy) is 1. The van der Waals surface area contributed by atoms with Crippen molar-refractivity contribution in [1.29, 1.82) is 0 Å². The molecule has 0 saturated heterocycles. The van der Waals surface area contributed by atoms with Crippen LogP contribution in [0.3, 0.4) is 0 Å². The molecule has 0 aliphatic heterocycles. The summed E-state index contributed by atoms with van der Waals surface area (Å²) in [6.07, 6.45) is 1.61. The number of tetrazole rings is 1. The van der Waals surface area contributed by atoms with Crippen molar-refractivity contribution in [3.05, 3.63) is 23.2 Å². The van der Waals surface area contributed by atoms with Crippen molar-refractivity contribution in [2.45, 2.75) is 45.3 Å². The van der Waals surface area contributed by atoms with E-state index in [0.29, 0.717) is 22.6 Å². The van der Waals surface area contributed by atoms with Gasteiger partial charge in [-0.2, -0.15) is 4.80 Å². The minimum atomic E-state index is -0.581. The number of carbonyl (C=O) groups is 1. The Balaban J connectivity index is 1.79. The molecule has 0 atom stereocenters. The maximum atomic E-state index is 11.9. The lowest BCUT2D eigenvalue weighted by Gasteiger charge is -2.20. The van der Waals surface area contributed by atoms with Gasteiger partial charge in [-0.25, -0.2) is 4.79 Å². The molecular formula is C15H18ClN5O2. The van der Waals surface area contributed by atoms with Gasteiger partial charge in [0.05, 0.1) is 16.8 Å². The van der Waals surface area contributed by atoms with E-state index in [4.69, 9.17) is 16.3 Å². The molecule has 0 spiro atoms. The highest BCUT2D eigenvalue weighted by atomic mass is 35.5. The summed E-state index contributed by atoms with van der Waals surface area (Å²) in [4.78, 5) is 13.5. The van der Waals surface area contributed by atoms with Gasteiger partial charge >= 0.3 is 6.09 Å². The normalized spacial score (nSPS) is 14.6. The van der Waals surface area contributed by atoms with Gasteiger partial charge in [-0.3, -0.25) is 5.32 Å². The highest BCUT2D eigenvalue weighted by molar-refractivity contribution is 6.33. The Morgan fingerprint density at radius 3 is 2.78 bits per heavy atom. The van der Waals surface area contributed by atoms with Gasteiger partial charge < -0.3 is 4.74 Å². The van der Waals surface area contributed by atoms with Crippen LogP contribution in [0.1, 0.15) is 39.7 Å². The zero-order chi connectivity index (χ0) is 16.6. The largest absolute Gasteiger partial charge is 0.444 e. The number of amides is 1. The standard InChI is InChI=1S/C15H18ClN5O2/c1-15(2,3)23-14(22)17-12-8-9(4-7-11(12)16)13-18-20-21(19-13)10-5-6-10/h4,7-8,10H,5-6H2,1-3H3,(H,17,22). The summed E-state index contributed by atoms with van der Waals surface area (Å²) in [5.41, 5.74) is 0.594. The molecule has 0 unspecified atom stereocenters. The van der Waals surface area contributed by atoms with E-state index in [1.807, 2.05) is 0 Å². The summed E-state index contributed by atoms with van der Waals surface area (Å²) in [6.45, 7) is 5.39. The third kappa shape index (κ3) is 3.98. The van der Waals surface area contributed by atoms with Gasteiger partial charge in [0.25, 0.3) is 0 Å². The van der Waals surface area contributed by atoms with Crippen LogP contribution in [0, 0.1) is 0 Å². The number of rotatable bonds is 3. The Labute approximate surface area is 139 Å². The average molecular weight is 336 g/mol. The molecule has 8 heteroatoms. The molecule has 122 valence electrons. The van der Waals surface area contributed by atoms with E-state index in [0.717, 1.165) is 18.4 Å². The van der Waals surface area contributed by atoms with E-state index in [2.05, 4.69) is 20.7 Å². The Bertz CT molecular complexity index is 734. The molecular weight excluding hydrogens is 318 g/mol. The second kappa shape index (κ2) is 5.81. The zero-order valence-electron chi connectivity index (χ0n) is 13.2. The molecule has 1 amide bonds. The molecule has 23 heavy (non-hydrogen) atoms. The maximum absolute atomic E-state index is 11.9. The molecule has 7 nitrogen and oxygen atoms in total. The zero-order valence-corrected chi connectivity index (χ0v) is 14.0. The lowest BCUT2D eigenvalue weighted by molar-refractivity contribution is 0.0636. The summed E-state index contributed by atoms with van der Waals surface area (Å²) in [6, 6.07) is 5.54. The molecule has 0 radical (unpaired) electrons. The van der Waals surface area contributed by atoms with E-state index in [1.54, 1.807) is 43.8 Å². The molecule has 1 saturated carbocycles. The molecule has 2 aromatic rings. The molecule has 1 fully saturated rings. The Hall–Kier alpha value is -2.15. The third-order valence-electron chi connectivity index (χ3n) is 3.16. The Morgan fingerprint density at radius 2 is 2.13 bits per heavy atom. The van der Waals surface area contributed by atoms with Crippen molar-refractivity contribution in [1.82, 2.24) is 20.2 Å². The van der Waals surface area contributed by atoms with Crippen LogP contribution in [-0.4, -0.2) is 31.9 Å². The lowest BCUT2D eigenvalue weighted by Crippen LogP contribution is -2.27. The number of nitrogens with zero attached hydrogens (tertiary/aromatic N) is 4. The lowest BCUT2D eigenvalue weighted by atomic mass is 10.2. The fraction of sp³-hybridized carbons (Fsp3) is 0.467. The highest BCUT2D eigenvalue weighted by Crippen LogP contribution is 2.34. The van der Waals surface area contributed by atoms with Gasteiger partial charge in [-0.15, -0.1) is 10.2 Å². The number of anilines is 1. The van der Waals surface area contributed by atoms with E-state index in [-0.39, 0.29) is 0 Å². The van der Waals surface area contributed by atoms with E-state index in [1.165, 1.54) is 0 Å². The SMILES string of the molecule is CC(C)(C)OC(=O)Nc1cc(-c2nnn(C3CC3)n2)ccc1Cl. The van der Waals surface area contributed by atoms with Crippen LogP contribution in [-0.2, 0) is 4.74 Å². The van der Waals surface area contributed by atoms with Gasteiger partial charge in [0.15, 0.2) is 0 Å². The molecule has 1 heterocycles. The number of carbonyl (C=O) groups excluding carboxylic acids is 1. The van der Waals surface area contributed by atoms with Crippen LogP contribution < -0.4 is 5.32 Å². The van der Waals surface area contributed by atoms with Crippen molar-refractivity contribution in [3.63, 3.8) is 0 Å². The summed E-state index contributed by atoms with van der Waals surface area (Å²) in [7, 11) is 0. The topological polar surface area (TPSA) is 81.9 Å². The number of benzene rings is 1. The van der Waals surface area contributed by atoms with Crippen LogP contribution in [0.25, 0.3) is 11.4 Å². The number of nitrogens with one attached hydrogen (secondary N) is 1. The first kappa shape index (κ1) is 15.7.